The molecule has 1 aliphatic carbocycles. The van der Waals surface area contributed by atoms with Gasteiger partial charge in [0.05, 0.1) is 11.8 Å². The van der Waals surface area contributed by atoms with E-state index in [2.05, 4.69) is 17.0 Å². The molecule has 1 atom stereocenters. The molecule has 2 aromatic carbocycles. The standard InChI is InChI=1S/C22H21N3O3S/c1-12-6-4-5-7-14(12)19-15-8-10-17(23)13(2)20(15)28-21-16(19)9-11-18(24)22(21)29(26,27)25-3/h4-11,17,24-25H,1,23H2,2-3H3/q-2/p+1. The molecule has 1 unspecified atom stereocenters. The third kappa shape index (κ3) is 2.95. The number of hydrogen-bond donors (Lipinski definition) is 3. The molecule has 7 heteroatoms. The first kappa shape index (κ1) is 19.3. The van der Waals surface area contributed by atoms with Crippen molar-refractivity contribution in [1.29, 1.82) is 5.41 Å². The highest BCUT2D eigenvalue weighted by atomic mass is 32.2. The number of rotatable bonds is 2. The number of fused-ring (bicyclic) bond motifs is 2. The first-order chi connectivity index (χ1) is 13.8. The summed E-state index contributed by atoms with van der Waals surface area (Å²) in [7, 11) is -2.59. The first-order valence-corrected chi connectivity index (χ1v) is 10.6. The highest BCUT2D eigenvalue weighted by molar-refractivity contribution is 7.89. The zero-order valence-electron chi connectivity index (χ0n) is 16.2. The van der Waals surface area contributed by atoms with Crippen molar-refractivity contribution in [2.75, 3.05) is 7.05 Å². The van der Waals surface area contributed by atoms with E-state index in [4.69, 9.17) is 10.1 Å². The smallest absolute Gasteiger partial charge is 0.199 e. The maximum atomic E-state index is 12.7. The summed E-state index contributed by atoms with van der Waals surface area (Å²) in [6.07, 6.45) is 3.96. The molecular weight excluding hydrogens is 386 g/mol. The van der Waals surface area contributed by atoms with Gasteiger partial charge in [-0.2, -0.15) is 12.5 Å². The summed E-state index contributed by atoms with van der Waals surface area (Å²) < 4.78 is 33.9. The summed E-state index contributed by atoms with van der Waals surface area (Å²) >= 11 is 0. The predicted octanol–water partition coefficient (Wildman–Crippen LogP) is -0.176. The first-order valence-electron chi connectivity index (χ1n) is 9.14. The number of hydrogen-bond acceptors (Lipinski definition) is 4. The molecule has 0 spiro atoms. The number of sulfonamides is 1. The number of allylic oxidation sites excluding steroid dienone is 1. The number of ether oxygens (including phenoxy) is 1. The molecule has 5 N–H and O–H groups in total. The highest BCUT2D eigenvalue weighted by Crippen LogP contribution is 2.44. The van der Waals surface area contributed by atoms with Crippen molar-refractivity contribution in [3.63, 3.8) is 0 Å². The van der Waals surface area contributed by atoms with Crippen LogP contribution in [0.3, 0.4) is 0 Å². The van der Waals surface area contributed by atoms with Gasteiger partial charge in [0.1, 0.15) is 0 Å². The van der Waals surface area contributed by atoms with Gasteiger partial charge in [0.2, 0.25) is 0 Å². The molecule has 4 rings (SSSR count). The zero-order valence-corrected chi connectivity index (χ0v) is 17.1. The Balaban J connectivity index is 2.23. The fourth-order valence-corrected chi connectivity index (χ4v) is 4.63. The van der Waals surface area contributed by atoms with E-state index < -0.39 is 10.0 Å². The van der Waals surface area contributed by atoms with Crippen molar-refractivity contribution < 1.29 is 18.9 Å². The Bertz CT molecular complexity index is 1360. The topological polar surface area (TPSA) is 107 Å². The van der Waals surface area contributed by atoms with E-state index in [1.165, 1.54) is 13.1 Å². The molecule has 0 saturated carbocycles. The molecule has 2 aliphatic rings. The number of quaternary nitrogens is 1. The lowest BCUT2D eigenvalue weighted by Gasteiger charge is -2.41. The van der Waals surface area contributed by atoms with E-state index in [-0.39, 0.29) is 22.0 Å². The number of benzene rings is 2. The van der Waals surface area contributed by atoms with Crippen LogP contribution in [0.5, 0.6) is 5.75 Å². The summed E-state index contributed by atoms with van der Waals surface area (Å²) in [6, 6.07) is 10.8. The SMILES string of the molecule is C=c1ccccc1=C1C2=C[CH-]C([NH3+])C(C)=C2Oc2c1c[cH-]c(=N)c2S(=O)(=O)NC. The van der Waals surface area contributed by atoms with Crippen molar-refractivity contribution in [1.82, 2.24) is 4.72 Å². The average Bonchev–Trinajstić information content (AvgIpc) is 2.70. The monoisotopic (exact) mass is 408 g/mol. The lowest BCUT2D eigenvalue weighted by atomic mass is 9.84. The third-order valence-electron chi connectivity index (χ3n) is 5.33. The molecule has 29 heavy (non-hydrogen) atoms. The lowest BCUT2D eigenvalue weighted by Crippen LogP contribution is -2.62. The van der Waals surface area contributed by atoms with Gasteiger partial charge in [0, 0.05) is 10.6 Å². The summed E-state index contributed by atoms with van der Waals surface area (Å²) in [4.78, 5) is -0.175. The second-order valence-electron chi connectivity index (χ2n) is 7.05. The van der Waals surface area contributed by atoms with Crippen molar-refractivity contribution in [2.24, 2.45) is 0 Å². The van der Waals surface area contributed by atoms with Gasteiger partial charge in [0.25, 0.3) is 0 Å². The minimum atomic E-state index is -3.91. The molecular formula is C22H22N3O3S-. The van der Waals surface area contributed by atoms with Gasteiger partial charge in [-0.1, -0.05) is 30.8 Å². The third-order valence-corrected chi connectivity index (χ3v) is 6.81. The van der Waals surface area contributed by atoms with Crippen LogP contribution in [0.2, 0.25) is 0 Å². The van der Waals surface area contributed by atoms with Gasteiger partial charge in [0.15, 0.2) is 10.0 Å². The molecule has 0 amide bonds. The van der Waals surface area contributed by atoms with Gasteiger partial charge in [-0.15, -0.1) is 22.8 Å². The van der Waals surface area contributed by atoms with Gasteiger partial charge >= 0.3 is 0 Å². The lowest BCUT2D eigenvalue weighted by molar-refractivity contribution is -0.395. The summed E-state index contributed by atoms with van der Waals surface area (Å²) in [6.45, 7) is 6.07. The fourth-order valence-electron chi connectivity index (χ4n) is 3.68. The maximum Gasteiger partial charge on any atom is 0.199 e. The van der Waals surface area contributed by atoms with E-state index >= 15 is 0 Å². The highest BCUT2D eigenvalue weighted by Gasteiger charge is 2.26. The second-order valence-corrected chi connectivity index (χ2v) is 8.88. The predicted molar refractivity (Wildman–Crippen MR) is 110 cm³/mol. The summed E-state index contributed by atoms with van der Waals surface area (Å²) in [5, 5.41) is 9.81. The molecule has 0 saturated heterocycles. The maximum absolute atomic E-state index is 12.7. The fraction of sp³-hybridized carbons (Fsp3) is 0.136. The van der Waals surface area contributed by atoms with Crippen LogP contribution in [0, 0.1) is 11.8 Å². The molecule has 0 aromatic heterocycles. The van der Waals surface area contributed by atoms with Crippen LogP contribution in [0.4, 0.5) is 0 Å². The van der Waals surface area contributed by atoms with Crippen LogP contribution >= 0.6 is 0 Å². The van der Waals surface area contributed by atoms with Crippen molar-refractivity contribution in [3.05, 3.63) is 87.2 Å². The Hall–Kier alpha value is -3.00. The minimum Gasteiger partial charge on any atom is -0.499 e. The van der Waals surface area contributed by atoms with E-state index in [0.717, 1.165) is 27.2 Å². The van der Waals surface area contributed by atoms with Crippen LogP contribution in [0.1, 0.15) is 12.5 Å². The Morgan fingerprint density at radius 3 is 2.72 bits per heavy atom. The molecule has 0 bridgehead atoms. The van der Waals surface area contributed by atoms with E-state index in [9.17, 15) is 8.42 Å². The van der Waals surface area contributed by atoms with Crippen LogP contribution in [-0.2, 0) is 10.0 Å². The molecule has 1 aliphatic heterocycles. The van der Waals surface area contributed by atoms with Crippen LogP contribution in [-0.4, -0.2) is 21.5 Å². The van der Waals surface area contributed by atoms with Gasteiger partial charge < -0.3 is 15.9 Å². The van der Waals surface area contributed by atoms with Crippen LogP contribution < -0.4 is 31.0 Å². The van der Waals surface area contributed by atoms with Crippen LogP contribution in [0.25, 0.3) is 12.2 Å². The normalized spacial score (nSPS) is 20.2. The van der Waals surface area contributed by atoms with E-state index in [1.54, 1.807) is 6.07 Å². The van der Waals surface area contributed by atoms with Crippen molar-refractivity contribution in [3.8, 4) is 5.75 Å². The molecule has 2 aromatic rings. The Labute approximate surface area is 169 Å². The summed E-state index contributed by atoms with van der Waals surface area (Å²) in [5.74, 6) is 0.738. The molecule has 0 radical (unpaired) electrons. The quantitative estimate of drug-likeness (QED) is 0.600. The minimum absolute atomic E-state index is 0.0879. The molecule has 0 fully saturated rings. The van der Waals surface area contributed by atoms with Crippen molar-refractivity contribution in [2.45, 2.75) is 17.9 Å². The second kappa shape index (κ2) is 6.81. The Morgan fingerprint density at radius 2 is 2.03 bits per heavy atom. The van der Waals surface area contributed by atoms with E-state index in [1.807, 2.05) is 43.7 Å². The van der Waals surface area contributed by atoms with Crippen LogP contribution in [0.15, 0.2) is 64.3 Å². The van der Waals surface area contributed by atoms with Gasteiger partial charge in [-0.25, -0.2) is 19.2 Å². The average molecular weight is 409 g/mol. The van der Waals surface area contributed by atoms with Gasteiger partial charge in [-0.05, 0) is 35.3 Å². The van der Waals surface area contributed by atoms with E-state index in [0.29, 0.717) is 11.3 Å². The number of nitrogens with one attached hydrogen (secondary N) is 2. The molecule has 150 valence electrons. The Kier molecular flexibility index (Phi) is 4.53. The zero-order chi connectivity index (χ0) is 20.9. The Morgan fingerprint density at radius 1 is 1.31 bits per heavy atom. The van der Waals surface area contributed by atoms with Gasteiger partial charge in [-0.3, -0.25) is 0 Å². The largest absolute Gasteiger partial charge is 0.499 e. The molecule has 6 nitrogen and oxygen atoms in total. The molecule has 1 heterocycles. The summed E-state index contributed by atoms with van der Waals surface area (Å²) in [5.41, 5.74) is 7.33. The van der Waals surface area contributed by atoms with Crippen molar-refractivity contribution >= 4 is 22.2 Å².